The van der Waals surface area contributed by atoms with Crippen molar-refractivity contribution < 1.29 is 50.5 Å². The molecule has 0 saturated carbocycles. The van der Waals surface area contributed by atoms with Gasteiger partial charge in [0.05, 0.1) is 0 Å². The molecule has 0 aromatic heterocycles. The van der Waals surface area contributed by atoms with Gasteiger partial charge in [0.1, 0.15) is 12.6 Å². The van der Waals surface area contributed by atoms with E-state index in [1.165, 1.54) is 6.92 Å². The van der Waals surface area contributed by atoms with Gasteiger partial charge in [-0.15, -0.1) is 0 Å². The fourth-order valence-electron chi connectivity index (χ4n) is 1.62. The van der Waals surface area contributed by atoms with Crippen LogP contribution in [0.25, 0.3) is 0 Å². The fourth-order valence-corrected chi connectivity index (χ4v) is 2.74. The van der Waals surface area contributed by atoms with Gasteiger partial charge in [-0.25, -0.2) is 0 Å². The number of amides is 2. The first kappa shape index (κ1) is 32.6. The molecule has 148 valence electrons. The summed E-state index contributed by atoms with van der Waals surface area (Å²) in [5.41, 5.74) is 0. The molecule has 2 amide bonds. The maximum Gasteiger partial charge on any atom is 0 e. The molecule has 9 nitrogen and oxygen atoms in total. The summed E-state index contributed by atoms with van der Waals surface area (Å²) in [5.74, 6) is -1.52. The normalized spacial score (nSPS) is 13.8. The monoisotopic (exact) mass is 438 g/mol. The smallest absolute Gasteiger partial charge is 0 e. The molecule has 0 fully saturated rings. The third-order valence-electron chi connectivity index (χ3n) is 2.53. The van der Waals surface area contributed by atoms with Crippen molar-refractivity contribution >= 4 is 29.5 Å². The number of carboxylic acid groups (broad SMARTS) is 1. The van der Waals surface area contributed by atoms with Crippen LogP contribution < -0.4 is 10.6 Å². The number of rotatable bonds is 7. The predicted octanol–water partition coefficient (Wildman–Crippen LogP) is 0.195. The van der Waals surface area contributed by atoms with E-state index >= 15 is 0 Å². The van der Waals surface area contributed by atoms with Gasteiger partial charge in [0.15, 0.2) is 0 Å². The minimum absolute atomic E-state index is 0. The molecule has 1 aliphatic rings. The van der Waals surface area contributed by atoms with E-state index in [0.29, 0.717) is 5.75 Å². The molecule has 0 aromatic rings. The van der Waals surface area contributed by atoms with Crippen molar-refractivity contribution in [2.45, 2.75) is 24.6 Å². The van der Waals surface area contributed by atoms with Crippen molar-refractivity contribution in [2.24, 2.45) is 0 Å². The van der Waals surface area contributed by atoms with Gasteiger partial charge < -0.3 is 15.7 Å². The Morgan fingerprint density at radius 1 is 1.19 bits per heavy atom. The minimum atomic E-state index is -1.12. The second-order valence-corrected chi connectivity index (χ2v) is 5.56. The maximum atomic E-state index is 11.8. The Balaban J connectivity index is -0.000000342. The van der Waals surface area contributed by atoms with E-state index in [4.69, 9.17) is 19.1 Å². The minimum Gasteiger partial charge on any atom is 0 e. The Morgan fingerprint density at radius 2 is 1.74 bits per heavy atom. The molecule has 0 saturated heterocycles. The molecular weight excluding hydrogens is 420 g/mol. The molecule has 1 aliphatic carbocycles. The van der Waals surface area contributed by atoms with Crippen LogP contribution in [0, 0.1) is 20.0 Å². The van der Waals surface area contributed by atoms with E-state index in [-0.39, 0.29) is 28.2 Å². The van der Waals surface area contributed by atoms with Crippen molar-refractivity contribution in [2.75, 3.05) is 12.3 Å². The molecule has 27 heavy (non-hydrogen) atoms. The quantitative estimate of drug-likeness (QED) is 0.294. The molecule has 11 heteroatoms. The van der Waals surface area contributed by atoms with Gasteiger partial charge in [-0.05, 0) is 6.42 Å². The van der Waals surface area contributed by atoms with Crippen molar-refractivity contribution in [3.8, 4) is 0 Å². The summed E-state index contributed by atoms with van der Waals surface area (Å²) < 4.78 is 22.5. The van der Waals surface area contributed by atoms with E-state index in [1.807, 2.05) is 24.3 Å². The molecule has 0 aliphatic heterocycles. The predicted molar refractivity (Wildman–Crippen MR) is 89.2 cm³/mol. The van der Waals surface area contributed by atoms with Gasteiger partial charge in [-0.3, -0.25) is 14.4 Å². The van der Waals surface area contributed by atoms with Gasteiger partial charge >= 0.3 is 39.9 Å². The molecule has 0 heterocycles. The number of allylic oxidation sites excluding steroid dienone is 3. The number of aliphatic carboxylic acids is 1. The first-order chi connectivity index (χ1) is 12.5. The number of hydrogen-bond donors (Lipinski definition) is 3. The first-order valence-corrected chi connectivity index (χ1v) is 7.86. The van der Waals surface area contributed by atoms with Gasteiger partial charge in [0.25, 0.3) is 0 Å². The van der Waals surface area contributed by atoms with Crippen molar-refractivity contribution in [1.82, 2.24) is 10.6 Å². The zero-order valence-corrected chi connectivity index (χ0v) is 16.2. The number of nitrogens with one attached hydrogen (secondary N) is 2. The third kappa shape index (κ3) is 20.1. The largest absolute Gasteiger partial charge is 0 e. The molecule has 0 radical (unpaired) electrons. The standard InChI is InChI=1S/C13H18N2O4S.3CO.Fe/c1-9(16)15-11(13(19)14-7-12(17)18)8-20-10-5-3-2-4-6-10;3*1-2;/h2-5,10-11H,6-8H2,1H3,(H,14,19)(H,15,16)(H,17,18);;;;/t10?,11-;;;;/m0..../s1. The molecule has 1 rings (SSSR count). The Morgan fingerprint density at radius 3 is 2.15 bits per heavy atom. The van der Waals surface area contributed by atoms with Crippen LogP contribution in [-0.2, 0) is 45.4 Å². The maximum absolute atomic E-state index is 11.8. The zero-order valence-electron chi connectivity index (χ0n) is 14.2. The van der Waals surface area contributed by atoms with Crippen molar-refractivity contribution in [1.29, 1.82) is 0 Å². The summed E-state index contributed by atoms with van der Waals surface area (Å²) in [6.07, 6.45) is 8.85. The van der Waals surface area contributed by atoms with Gasteiger partial charge in [-0.2, -0.15) is 11.8 Å². The van der Waals surface area contributed by atoms with E-state index in [9.17, 15) is 14.4 Å². The number of carboxylic acids is 1. The van der Waals surface area contributed by atoms with Gasteiger partial charge in [-0.1, -0.05) is 24.3 Å². The molecule has 2 atom stereocenters. The Hall–Kier alpha value is -2.02. The van der Waals surface area contributed by atoms with Crippen LogP contribution in [-0.4, -0.2) is 46.5 Å². The van der Waals surface area contributed by atoms with E-state index < -0.39 is 24.5 Å². The van der Waals surface area contributed by atoms with Crippen LogP contribution in [0.1, 0.15) is 13.3 Å². The molecule has 0 aromatic carbocycles. The summed E-state index contributed by atoms with van der Waals surface area (Å²) in [6.45, 7) is 14.4. The van der Waals surface area contributed by atoms with E-state index in [0.717, 1.165) is 6.42 Å². The number of thioether (sulfide) groups is 1. The molecule has 1 unspecified atom stereocenters. The average Bonchev–Trinajstić information content (AvgIpc) is 2.68. The van der Waals surface area contributed by atoms with Crippen LogP contribution >= 0.6 is 11.8 Å². The molecular formula is C16H18FeN2O7S. The second kappa shape index (κ2) is 24.0. The van der Waals surface area contributed by atoms with Crippen LogP contribution in [0.5, 0.6) is 0 Å². The number of carbonyl (C=O) groups excluding carboxylic acids is 2. The van der Waals surface area contributed by atoms with Crippen molar-refractivity contribution in [3.63, 3.8) is 0 Å². The third-order valence-corrected chi connectivity index (χ3v) is 3.83. The summed E-state index contributed by atoms with van der Waals surface area (Å²) in [5, 5.41) is 13.6. The Kier molecular flexibility index (Phi) is 29.0. The fraction of sp³-hybridized carbons (Fsp3) is 0.375. The first-order valence-electron chi connectivity index (χ1n) is 6.82. The summed E-state index contributed by atoms with van der Waals surface area (Å²) in [6, 6.07) is -0.726. The van der Waals surface area contributed by atoms with Crippen LogP contribution in [0.3, 0.4) is 0 Å². The summed E-state index contributed by atoms with van der Waals surface area (Å²) in [4.78, 5) is 33.4. The Labute approximate surface area is 172 Å². The van der Waals surface area contributed by atoms with Crippen LogP contribution in [0.4, 0.5) is 0 Å². The summed E-state index contributed by atoms with van der Waals surface area (Å²) >= 11 is 1.55. The molecule has 3 N–H and O–H groups in total. The van der Waals surface area contributed by atoms with Gasteiger partial charge in [0, 0.05) is 35.0 Å². The van der Waals surface area contributed by atoms with Crippen LogP contribution in [0.15, 0.2) is 24.3 Å². The second-order valence-electron chi connectivity index (χ2n) is 4.29. The van der Waals surface area contributed by atoms with Crippen molar-refractivity contribution in [3.05, 3.63) is 44.3 Å². The average molecular weight is 438 g/mol. The van der Waals surface area contributed by atoms with Gasteiger partial charge in [0.2, 0.25) is 11.8 Å². The number of carbonyl (C=O) groups is 3. The van der Waals surface area contributed by atoms with Crippen LogP contribution in [0.2, 0.25) is 0 Å². The number of hydrogen-bond acceptors (Lipinski definition) is 4. The topological polar surface area (TPSA) is 155 Å². The van der Waals surface area contributed by atoms with E-state index in [1.54, 1.807) is 11.8 Å². The Bertz CT molecular complexity index is 544. The van der Waals surface area contributed by atoms with E-state index in [2.05, 4.69) is 30.6 Å². The SMILES string of the molecule is CC(=O)N[C@@H](CSC1C=CC=CC1)C(=O)NCC(=O)O.[C-]#[O+].[C-]#[O+].[C-]#[O+].[Fe]. The summed E-state index contributed by atoms with van der Waals surface area (Å²) in [7, 11) is 0. The zero-order chi connectivity index (χ0) is 21.0. The molecule has 0 bridgehead atoms. The molecule has 0 spiro atoms.